The molecule has 7 nitrogen and oxygen atoms in total. The summed E-state index contributed by atoms with van der Waals surface area (Å²) in [5.74, 6) is -3.05. The molecule has 2 aromatic rings. The van der Waals surface area contributed by atoms with Gasteiger partial charge in [0.25, 0.3) is 5.91 Å². The minimum absolute atomic E-state index is 0.0637. The van der Waals surface area contributed by atoms with Crippen molar-refractivity contribution in [3.8, 4) is 0 Å². The molecule has 10 heteroatoms. The number of nitrogens with one attached hydrogen (secondary N) is 2. The monoisotopic (exact) mass is 462 g/mol. The molecular weight excluding hydrogens is 437 g/mol. The molecule has 0 spiro atoms. The van der Waals surface area contributed by atoms with Gasteiger partial charge < -0.3 is 20.3 Å². The van der Waals surface area contributed by atoms with Gasteiger partial charge in [0.05, 0.1) is 0 Å². The largest absolute Gasteiger partial charge is 0.490 e. The Labute approximate surface area is 189 Å². The van der Waals surface area contributed by atoms with Crippen molar-refractivity contribution in [3.05, 3.63) is 54.1 Å². The zero-order valence-electron chi connectivity index (χ0n) is 18.1. The maximum Gasteiger partial charge on any atom is 0.490 e. The zero-order chi connectivity index (χ0) is 23.6. The van der Waals surface area contributed by atoms with E-state index in [1.165, 1.54) is 9.80 Å². The summed E-state index contributed by atoms with van der Waals surface area (Å²) in [5.41, 5.74) is 3.09. The molecule has 0 radical (unpaired) electrons. The molecule has 2 aliphatic heterocycles. The molecule has 2 aliphatic rings. The van der Waals surface area contributed by atoms with Gasteiger partial charge in [-0.1, -0.05) is 24.3 Å². The average Bonchev–Trinajstić information content (AvgIpc) is 3.20. The number of amides is 1. The van der Waals surface area contributed by atoms with Crippen LogP contribution >= 0.6 is 0 Å². The number of fused-ring (bicyclic) bond motifs is 1. The van der Waals surface area contributed by atoms with E-state index in [9.17, 15) is 22.8 Å². The minimum atomic E-state index is -5.19. The third-order valence-electron chi connectivity index (χ3n) is 5.70. The number of nitrogens with zero attached hydrogens (tertiary/aromatic N) is 2. The number of carbonyl (C=O) groups is 2. The van der Waals surface area contributed by atoms with E-state index in [0.29, 0.717) is 25.2 Å². The van der Waals surface area contributed by atoms with Gasteiger partial charge in [-0.15, -0.1) is 0 Å². The Morgan fingerprint density at radius 3 is 2.58 bits per heavy atom. The highest BCUT2D eigenvalue weighted by atomic mass is 19.4. The molecule has 1 saturated heterocycles. The molecule has 0 aromatic heterocycles. The SMILES string of the molecule is C[C@@H]1CN(C(OC(=O)C(F)(F)F)C(=O)N2CCc3ccc(Nc4ccccc4)cc32)CCN1. The quantitative estimate of drug-likeness (QED) is 0.666. The second kappa shape index (κ2) is 9.40. The number of ether oxygens (including phenoxy) is 1. The fraction of sp³-hybridized carbons (Fsp3) is 0.391. The van der Waals surface area contributed by atoms with Gasteiger partial charge >= 0.3 is 12.1 Å². The first-order valence-electron chi connectivity index (χ1n) is 10.7. The second-order valence-electron chi connectivity index (χ2n) is 8.18. The standard InChI is InChI=1S/C23H25F3N4O3/c1-15-14-29(12-10-27-15)21(33-22(32)23(24,25)26)20(31)30-11-9-16-7-8-18(13-19(16)30)28-17-5-3-2-4-6-17/h2-8,13,15,21,27-28H,9-12,14H2,1H3/t15-,21?/m1/s1. The lowest BCUT2D eigenvalue weighted by Gasteiger charge is -2.37. The Balaban J connectivity index is 1.59. The first kappa shape index (κ1) is 23.1. The van der Waals surface area contributed by atoms with Crippen molar-refractivity contribution in [2.24, 2.45) is 0 Å². The fourth-order valence-corrected chi connectivity index (χ4v) is 4.13. The van der Waals surface area contributed by atoms with Crippen LogP contribution in [0.2, 0.25) is 0 Å². The summed E-state index contributed by atoms with van der Waals surface area (Å²) in [6, 6.07) is 15.0. The summed E-state index contributed by atoms with van der Waals surface area (Å²) in [7, 11) is 0. The number of hydrogen-bond donors (Lipinski definition) is 2. The van der Waals surface area contributed by atoms with E-state index in [1.807, 2.05) is 49.4 Å². The van der Waals surface area contributed by atoms with E-state index in [-0.39, 0.29) is 19.1 Å². The van der Waals surface area contributed by atoms with Crippen molar-refractivity contribution in [1.82, 2.24) is 10.2 Å². The maximum absolute atomic E-state index is 13.4. The lowest BCUT2D eigenvalue weighted by atomic mass is 10.1. The molecule has 0 saturated carbocycles. The lowest BCUT2D eigenvalue weighted by molar-refractivity contribution is -0.213. The van der Waals surface area contributed by atoms with Crippen LogP contribution < -0.4 is 15.5 Å². The second-order valence-corrected chi connectivity index (χ2v) is 8.18. The van der Waals surface area contributed by atoms with Crippen LogP contribution in [0.15, 0.2) is 48.5 Å². The number of rotatable bonds is 5. The molecule has 2 N–H and O–H groups in total. The number of benzene rings is 2. The molecule has 2 aromatic carbocycles. The van der Waals surface area contributed by atoms with Gasteiger partial charge in [0.15, 0.2) is 0 Å². The van der Waals surface area contributed by atoms with Crippen LogP contribution in [0.1, 0.15) is 12.5 Å². The lowest BCUT2D eigenvalue weighted by Crippen LogP contribution is -2.59. The zero-order valence-corrected chi connectivity index (χ0v) is 18.1. The number of para-hydroxylation sites is 1. The van der Waals surface area contributed by atoms with Crippen LogP contribution in [0.25, 0.3) is 0 Å². The van der Waals surface area contributed by atoms with Gasteiger partial charge in [-0.05, 0) is 43.2 Å². The molecular formula is C23H25F3N4O3. The highest BCUT2D eigenvalue weighted by molar-refractivity contribution is 6.00. The summed E-state index contributed by atoms with van der Waals surface area (Å²) in [4.78, 5) is 28.0. The molecule has 33 heavy (non-hydrogen) atoms. The van der Waals surface area contributed by atoms with E-state index in [0.717, 1.165) is 16.9 Å². The van der Waals surface area contributed by atoms with Crippen LogP contribution in [-0.4, -0.2) is 61.4 Å². The summed E-state index contributed by atoms with van der Waals surface area (Å²) >= 11 is 0. The van der Waals surface area contributed by atoms with Crippen molar-refractivity contribution in [1.29, 1.82) is 0 Å². The van der Waals surface area contributed by atoms with Crippen LogP contribution in [-0.2, 0) is 20.7 Å². The fourth-order valence-electron chi connectivity index (χ4n) is 4.13. The Bertz CT molecular complexity index is 1020. The van der Waals surface area contributed by atoms with Crippen LogP contribution in [0.4, 0.5) is 30.2 Å². The smallest absolute Gasteiger partial charge is 0.430 e. The number of anilines is 3. The number of piperazine rings is 1. The third-order valence-corrected chi connectivity index (χ3v) is 5.70. The number of esters is 1. The van der Waals surface area contributed by atoms with Crippen LogP contribution in [0, 0.1) is 0 Å². The van der Waals surface area contributed by atoms with E-state index in [4.69, 9.17) is 4.74 Å². The Kier molecular flexibility index (Phi) is 6.57. The maximum atomic E-state index is 13.4. The Morgan fingerprint density at radius 2 is 1.88 bits per heavy atom. The highest BCUT2D eigenvalue weighted by Gasteiger charge is 2.46. The average molecular weight is 462 g/mol. The topological polar surface area (TPSA) is 73.9 Å². The normalized spacial score (nSPS) is 19.6. The van der Waals surface area contributed by atoms with E-state index >= 15 is 0 Å². The van der Waals surface area contributed by atoms with Crippen LogP contribution in [0.3, 0.4) is 0 Å². The van der Waals surface area contributed by atoms with Crippen molar-refractivity contribution in [2.75, 3.05) is 36.4 Å². The molecule has 4 rings (SSSR count). The van der Waals surface area contributed by atoms with Crippen molar-refractivity contribution in [2.45, 2.75) is 31.8 Å². The van der Waals surface area contributed by atoms with Gasteiger partial charge in [-0.3, -0.25) is 9.69 Å². The first-order valence-corrected chi connectivity index (χ1v) is 10.7. The molecule has 0 bridgehead atoms. The molecule has 2 heterocycles. The van der Waals surface area contributed by atoms with Gasteiger partial charge in [0.2, 0.25) is 6.23 Å². The predicted molar refractivity (Wildman–Crippen MR) is 117 cm³/mol. The number of alkyl halides is 3. The number of halogens is 3. The molecule has 1 fully saturated rings. The molecule has 2 atom stereocenters. The van der Waals surface area contributed by atoms with Crippen molar-refractivity contribution >= 4 is 28.9 Å². The highest BCUT2D eigenvalue weighted by Crippen LogP contribution is 2.33. The van der Waals surface area contributed by atoms with Crippen molar-refractivity contribution < 1.29 is 27.5 Å². The van der Waals surface area contributed by atoms with Gasteiger partial charge in [-0.2, -0.15) is 13.2 Å². The van der Waals surface area contributed by atoms with E-state index < -0.39 is 24.3 Å². The van der Waals surface area contributed by atoms with E-state index in [1.54, 1.807) is 6.07 Å². The molecule has 1 amide bonds. The molecule has 176 valence electrons. The Morgan fingerprint density at radius 1 is 1.12 bits per heavy atom. The predicted octanol–water partition coefficient (Wildman–Crippen LogP) is 3.04. The van der Waals surface area contributed by atoms with E-state index in [2.05, 4.69) is 10.6 Å². The number of hydrogen-bond acceptors (Lipinski definition) is 6. The summed E-state index contributed by atoms with van der Waals surface area (Å²) < 4.78 is 43.6. The summed E-state index contributed by atoms with van der Waals surface area (Å²) in [5, 5.41) is 6.42. The van der Waals surface area contributed by atoms with Gasteiger partial charge in [0.1, 0.15) is 0 Å². The third kappa shape index (κ3) is 5.28. The molecule has 1 unspecified atom stereocenters. The summed E-state index contributed by atoms with van der Waals surface area (Å²) in [6.45, 7) is 3.17. The first-order chi connectivity index (χ1) is 15.7. The minimum Gasteiger partial charge on any atom is -0.430 e. The molecule has 0 aliphatic carbocycles. The van der Waals surface area contributed by atoms with Crippen molar-refractivity contribution in [3.63, 3.8) is 0 Å². The van der Waals surface area contributed by atoms with Crippen LogP contribution in [0.5, 0.6) is 0 Å². The van der Waals surface area contributed by atoms with Gasteiger partial charge in [0, 0.05) is 49.3 Å². The van der Waals surface area contributed by atoms with Gasteiger partial charge in [-0.25, -0.2) is 4.79 Å². The number of carbonyl (C=O) groups excluding carboxylic acids is 2. The Hall–Kier alpha value is -3.11. The summed E-state index contributed by atoms with van der Waals surface area (Å²) in [6.07, 6.45) is -6.28.